The van der Waals surface area contributed by atoms with Crippen LogP contribution in [0, 0.1) is 11.3 Å². The van der Waals surface area contributed by atoms with E-state index in [-0.39, 0.29) is 5.91 Å². The number of carbonyl (C=O) groups excluding carboxylic acids is 1. The van der Waals surface area contributed by atoms with Crippen LogP contribution in [-0.4, -0.2) is 24.1 Å². The van der Waals surface area contributed by atoms with Crippen molar-refractivity contribution in [1.82, 2.24) is 4.90 Å². The number of benzene rings is 2. The molecule has 0 aliphatic carbocycles. The molecule has 1 amide bonds. The van der Waals surface area contributed by atoms with E-state index in [1.54, 1.807) is 29.8 Å². The fraction of sp³-hybridized carbons (Fsp3) is 0.176. The summed E-state index contributed by atoms with van der Waals surface area (Å²) in [6.45, 7) is 0.483. The molecule has 0 saturated heterocycles. The molecule has 2 rings (SSSR count). The third kappa shape index (κ3) is 3.65. The van der Waals surface area contributed by atoms with Gasteiger partial charge in [0.15, 0.2) is 0 Å². The molecule has 106 valence electrons. The molecule has 0 unspecified atom stereocenters. The quantitative estimate of drug-likeness (QED) is 0.810. The Hall–Kier alpha value is -2.25. The van der Waals surface area contributed by atoms with E-state index in [0.29, 0.717) is 17.7 Å². The van der Waals surface area contributed by atoms with E-state index < -0.39 is 0 Å². The highest BCUT2D eigenvalue weighted by Gasteiger charge is 2.15. The van der Waals surface area contributed by atoms with E-state index in [1.807, 2.05) is 48.7 Å². The third-order valence-electron chi connectivity index (χ3n) is 3.16. The lowest BCUT2D eigenvalue weighted by Gasteiger charge is -2.18. The highest BCUT2D eigenvalue weighted by Crippen LogP contribution is 2.21. The molecule has 0 spiro atoms. The Bertz CT molecular complexity index is 691. The Balaban J connectivity index is 2.18. The lowest BCUT2D eigenvalue weighted by molar-refractivity contribution is 0.0781. The number of carbonyl (C=O) groups is 1. The normalized spacial score (nSPS) is 9.95. The zero-order valence-corrected chi connectivity index (χ0v) is 12.9. The van der Waals surface area contributed by atoms with Crippen molar-refractivity contribution < 1.29 is 4.79 Å². The molecule has 0 atom stereocenters. The number of nitriles is 1. The van der Waals surface area contributed by atoms with Crippen molar-refractivity contribution in [2.75, 3.05) is 13.3 Å². The van der Waals surface area contributed by atoms with E-state index in [4.69, 9.17) is 5.26 Å². The smallest absolute Gasteiger partial charge is 0.255 e. The monoisotopic (exact) mass is 296 g/mol. The van der Waals surface area contributed by atoms with Gasteiger partial charge >= 0.3 is 0 Å². The fourth-order valence-electron chi connectivity index (χ4n) is 2.11. The second-order valence-corrected chi connectivity index (χ2v) is 5.52. The van der Waals surface area contributed by atoms with Gasteiger partial charge in [0.25, 0.3) is 5.91 Å². The summed E-state index contributed by atoms with van der Waals surface area (Å²) in [7, 11) is 1.78. The Morgan fingerprint density at radius 3 is 2.71 bits per heavy atom. The Morgan fingerprint density at radius 1 is 1.24 bits per heavy atom. The van der Waals surface area contributed by atoms with Crippen LogP contribution in [0.5, 0.6) is 0 Å². The summed E-state index contributed by atoms with van der Waals surface area (Å²) >= 11 is 1.56. The molecule has 0 fully saturated rings. The molecule has 3 nitrogen and oxygen atoms in total. The minimum absolute atomic E-state index is 0.0117. The van der Waals surface area contributed by atoms with Gasteiger partial charge in [0, 0.05) is 18.5 Å². The summed E-state index contributed by atoms with van der Waals surface area (Å²) in [5, 5.41) is 8.92. The maximum absolute atomic E-state index is 12.5. The van der Waals surface area contributed by atoms with Gasteiger partial charge in [0.1, 0.15) is 0 Å². The number of hydrogen-bond acceptors (Lipinski definition) is 3. The maximum Gasteiger partial charge on any atom is 0.255 e. The molecule has 0 heterocycles. The van der Waals surface area contributed by atoms with E-state index in [2.05, 4.69) is 6.07 Å². The van der Waals surface area contributed by atoms with Crippen molar-refractivity contribution in [2.45, 2.75) is 11.4 Å². The van der Waals surface area contributed by atoms with Crippen LogP contribution in [0.3, 0.4) is 0 Å². The van der Waals surface area contributed by atoms with Gasteiger partial charge < -0.3 is 4.90 Å². The van der Waals surface area contributed by atoms with Gasteiger partial charge in [-0.1, -0.05) is 24.3 Å². The summed E-state index contributed by atoms with van der Waals surface area (Å²) in [6.07, 6.45) is 1.96. The summed E-state index contributed by atoms with van der Waals surface area (Å²) in [5.41, 5.74) is 2.27. The first-order valence-electron chi connectivity index (χ1n) is 6.53. The highest BCUT2D eigenvalue weighted by atomic mass is 32.2. The predicted molar refractivity (Wildman–Crippen MR) is 85.2 cm³/mol. The maximum atomic E-state index is 12.5. The molecule has 0 N–H and O–H groups in total. The van der Waals surface area contributed by atoms with Crippen LogP contribution >= 0.6 is 11.8 Å². The summed E-state index contributed by atoms with van der Waals surface area (Å²) < 4.78 is 0. The Kier molecular flexibility index (Phi) is 5.02. The second kappa shape index (κ2) is 6.96. The van der Waals surface area contributed by atoms with Gasteiger partial charge in [0.2, 0.25) is 0 Å². The molecule has 0 saturated carbocycles. The number of nitrogens with zero attached hydrogens (tertiary/aromatic N) is 2. The fourth-order valence-corrected chi connectivity index (χ4v) is 2.70. The Labute approximate surface area is 129 Å². The molecule has 0 aliphatic rings. The second-order valence-electron chi connectivity index (χ2n) is 4.67. The summed E-state index contributed by atoms with van der Waals surface area (Å²) in [6, 6.07) is 17.0. The minimum Gasteiger partial charge on any atom is -0.337 e. The van der Waals surface area contributed by atoms with Crippen molar-refractivity contribution >= 4 is 17.7 Å². The average molecular weight is 296 g/mol. The first-order chi connectivity index (χ1) is 10.2. The molecule has 0 bridgehead atoms. The van der Waals surface area contributed by atoms with Crippen molar-refractivity contribution in [1.29, 1.82) is 5.26 Å². The molecule has 0 aromatic heterocycles. The van der Waals surface area contributed by atoms with Crippen molar-refractivity contribution in [3.05, 3.63) is 65.2 Å². The van der Waals surface area contributed by atoms with Gasteiger partial charge in [0.05, 0.1) is 17.2 Å². The SMILES string of the molecule is CSc1ccccc1C(=O)N(C)Cc1cccc(C#N)c1. The van der Waals surface area contributed by atoms with E-state index >= 15 is 0 Å². The summed E-state index contributed by atoms with van der Waals surface area (Å²) in [5.74, 6) is -0.0117. The van der Waals surface area contributed by atoms with E-state index in [1.165, 1.54) is 0 Å². The molecular formula is C17H16N2OS. The van der Waals surface area contributed by atoms with Gasteiger partial charge in [-0.2, -0.15) is 5.26 Å². The summed E-state index contributed by atoms with van der Waals surface area (Å²) in [4.78, 5) is 15.2. The zero-order chi connectivity index (χ0) is 15.2. The number of rotatable bonds is 4. The van der Waals surface area contributed by atoms with Crippen molar-refractivity contribution in [3.8, 4) is 6.07 Å². The molecular weight excluding hydrogens is 280 g/mol. The molecule has 2 aromatic carbocycles. The van der Waals surface area contributed by atoms with Crippen LogP contribution in [0.15, 0.2) is 53.4 Å². The van der Waals surface area contributed by atoms with Crippen LogP contribution in [0.25, 0.3) is 0 Å². The van der Waals surface area contributed by atoms with Crippen LogP contribution in [0.1, 0.15) is 21.5 Å². The molecule has 2 aromatic rings. The van der Waals surface area contributed by atoms with Crippen LogP contribution in [0.2, 0.25) is 0 Å². The molecule has 0 aliphatic heterocycles. The first-order valence-corrected chi connectivity index (χ1v) is 7.75. The van der Waals surface area contributed by atoms with Crippen LogP contribution in [-0.2, 0) is 6.54 Å². The third-order valence-corrected chi connectivity index (χ3v) is 3.96. The van der Waals surface area contributed by atoms with Crippen LogP contribution in [0.4, 0.5) is 0 Å². The topological polar surface area (TPSA) is 44.1 Å². The van der Waals surface area contributed by atoms with Crippen molar-refractivity contribution in [3.63, 3.8) is 0 Å². The van der Waals surface area contributed by atoms with E-state index in [9.17, 15) is 4.79 Å². The number of hydrogen-bond donors (Lipinski definition) is 0. The van der Waals surface area contributed by atoms with Gasteiger partial charge in [-0.3, -0.25) is 4.79 Å². The molecule has 21 heavy (non-hydrogen) atoms. The van der Waals surface area contributed by atoms with Crippen molar-refractivity contribution in [2.24, 2.45) is 0 Å². The largest absolute Gasteiger partial charge is 0.337 e. The lowest BCUT2D eigenvalue weighted by atomic mass is 10.1. The molecule has 0 radical (unpaired) electrons. The standard InChI is InChI=1S/C17H16N2OS/c1-19(12-14-7-5-6-13(10-14)11-18)17(20)15-8-3-4-9-16(15)21-2/h3-10H,12H2,1-2H3. The first kappa shape index (κ1) is 15.1. The average Bonchev–Trinajstić information content (AvgIpc) is 2.54. The minimum atomic E-state index is -0.0117. The number of thioether (sulfide) groups is 1. The highest BCUT2D eigenvalue weighted by molar-refractivity contribution is 7.98. The van der Waals surface area contributed by atoms with Gasteiger partial charge in [-0.05, 0) is 36.1 Å². The van der Waals surface area contributed by atoms with E-state index in [0.717, 1.165) is 10.5 Å². The zero-order valence-electron chi connectivity index (χ0n) is 12.0. The number of amides is 1. The van der Waals surface area contributed by atoms with Gasteiger partial charge in [-0.15, -0.1) is 11.8 Å². The predicted octanol–water partition coefficient (Wildman–Crippen LogP) is 3.55. The van der Waals surface area contributed by atoms with Gasteiger partial charge in [-0.25, -0.2) is 0 Å². The van der Waals surface area contributed by atoms with Crippen LogP contribution < -0.4 is 0 Å². The lowest BCUT2D eigenvalue weighted by Crippen LogP contribution is -2.26. The molecule has 4 heteroatoms. The Morgan fingerprint density at radius 2 is 2.00 bits per heavy atom.